The second-order valence-corrected chi connectivity index (χ2v) is 4.88. The van der Waals surface area contributed by atoms with E-state index in [-0.39, 0.29) is 0 Å². The molecule has 21 heavy (non-hydrogen) atoms. The molecule has 0 bridgehead atoms. The van der Waals surface area contributed by atoms with Crippen LogP contribution in [0.15, 0.2) is 18.2 Å². The molecule has 5 nitrogen and oxygen atoms in total. The smallest absolute Gasteiger partial charge is 0.325 e. The molecule has 1 aromatic rings. The van der Waals surface area contributed by atoms with Crippen LogP contribution in [0, 0.1) is 0 Å². The van der Waals surface area contributed by atoms with E-state index in [0.29, 0.717) is 17.1 Å². The Hall–Kier alpha value is -1.75. The van der Waals surface area contributed by atoms with E-state index in [0.717, 1.165) is 25.9 Å². The molecule has 0 heterocycles. The summed E-state index contributed by atoms with van der Waals surface area (Å²) < 4.78 is 10.6. The highest BCUT2D eigenvalue weighted by atomic mass is 16.5. The molecule has 0 fully saturated rings. The summed E-state index contributed by atoms with van der Waals surface area (Å²) >= 11 is 0. The molecule has 1 aromatic carbocycles. The molecule has 1 rings (SSSR count). The van der Waals surface area contributed by atoms with Crippen LogP contribution in [0.1, 0.15) is 38.3 Å². The van der Waals surface area contributed by atoms with Crippen molar-refractivity contribution in [3.63, 3.8) is 0 Å². The number of aliphatic carboxylic acids is 1. The summed E-state index contributed by atoms with van der Waals surface area (Å²) in [5.41, 5.74) is 0.631. The zero-order chi connectivity index (χ0) is 15.8. The Morgan fingerprint density at radius 3 is 2.24 bits per heavy atom. The summed E-state index contributed by atoms with van der Waals surface area (Å²) in [5, 5.41) is 9.70. The SMILES string of the molecule is CCCN(CCC)C(C(=O)O)c1cc(OC)ccc1OC. The molecule has 0 amide bonds. The van der Waals surface area contributed by atoms with Crippen molar-refractivity contribution >= 4 is 5.97 Å². The van der Waals surface area contributed by atoms with E-state index >= 15 is 0 Å². The highest BCUT2D eigenvalue weighted by molar-refractivity contribution is 5.77. The molecule has 118 valence electrons. The monoisotopic (exact) mass is 295 g/mol. The summed E-state index contributed by atoms with van der Waals surface area (Å²) in [5.74, 6) is 0.328. The number of rotatable bonds is 9. The third-order valence-electron chi connectivity index (χ3n) is 3.35. The first-order chi connectivity index (χ1) is 10.1. The van der Waals surface area contributed by atoms with E-state index < -0.39 is 12.0 Å². The molecule has 0 saturated carbocycles. The van der Waals surface area contributed by atoms with Crippen molar-refractivity contribution in [2.75, 3.05) is 27.3 Å². The van der Waals surface area contributed by atoms with Gasteiger partial charge in [0, 0.05) is 5.56 Å². The van der Waals surface area contributed by atoms with Gasteiger partial charge in [0.2, 0.25) is 0 Å². The van der Waals surface area contributed by atoms with Gasteiger partial charge in [0.1, 0.15) is 17.5 Å². The van der Waals surface area contributed by atoms with Crippen molar-refractivity contribution in [3.05, 3.63) is 23.8 Å². The lowest BCUT2D eigenvalue weighted by Gasteiger charge is -2.29. The van der Waals surface area contributed by atoms with Crippen LogP contribution >= 0.6 is 0 Å². The van der Waals surface area contributed by atoms with Crippen molar-refractivity contribution < 1.29 is 19.4 Å². The fourth-order valence-corrected chi connectivity index (χ4v) is 2.48. The predicted octanol–water partition coefficient (Wildman–Crippen LogP) is 2.95. The quantitative estimate of drug-likeness (QED) is 0.759. The number of hydrogen-bond acceptors (Lipinski definition) is 4. The molecule has 0 aliphatic carbocycles. The lowest BCUT2D eigenvalue weighted by Crippen LogP contribution is -2.35. The van der Waals surface area contributed by atoms with Crippen molar-refractivity contribution in [3.8, 4) is 11.5 Å². The first-order valence-electron chi connectivity index (χ1n) is 7.27. The van der Waals surface area contributed by atoms with Crippen LogP contribution in [0.4, 0.5) is 0 Å². The van der Waals surface area contributed by atoms with Crippen LogP contribution in [-0.2, 0) is 4.79 Å². The minimum Gasteiger partial charge on any atom is -0.497 e. The van der Waals surface area contributed by atoms with Gasteiger partial charge in [-0.2, -0.15) is 0 Å². The molecule has 0 aliphatic rings. The van der Waals surface area contributed by atoms with Crippen molar-refractivity contribution in [1.29, 1.82) is 0 Å². The number of hydrogen-bond donors (Lipinski definition) is 1. The summed E-state index contributed by atoms with van der Waals surface area (Å²) in [6.07, 6.45) is 1.80. The maximum atomic E-state index is 11.8. The van der Waals surface area contributed by atoms with Crippen LogP contribution in [0.3, 0.4) is 0 Å². The van der Waals surface area contributed by atoms with Crippen molar-refractivity contribution in [2.24, 2.45) is 0 Å². The Balaban J connectivity index is 3.28. The number of carboxylic acids is 1. The van der Waals surface area contributed by atoms with Crippen molar-refractivity contribution in [1.82, 2.24) is 4.90 Å². The van der Waals surface area contributed by atoms with Crippen LogP contribution in [0.25, 0.3) is 0 Å². The molecule has 5 heteroatoms. The van der Waals surface area contributed by atoms with Gasteiger partial charge in [-0.3, -0.25) is 9.69 Å². The van der Waals surface area contributed by atoms with Gasteiger partial charge in [0.05, 0.1) is 14.2 Å². The van der Waals surface area contributed by atoms with Gasteiger partial charge in [-0.05, 0) is 44.1 Å². The normalized spacial score (nSPS) is 12.2. The first kappa shape index (κ1) is 17.3. The lowest BCUT2D eigenvalue weighted by atomic mass is 10.0. The van der Waals surface area contributed by atoms with Crippen LogP contribution in [0.2, 0.25) is 0 Å². The molecule has 0 radical (unpaired) electrons. The number of nitrogens with zero attached hydrogens (tertiary/aromatic N) is 1. The highest BCUT2D eigenvalue weighted by Crippen LogP contribution is 2.33. The third-order valence-corrected chi connectivity index (χ3v) is 3.35. The largest absolute Gasteiger partial charge is 0.497 e. The molecule has 0 aromatic heterocycles. The predicted molar refractivity (Wildman–Crippen MR) is 82.1 cm³/mol. The molecular formula is C16H25NO4. The molecule has 0 saturated heterocycles. The molecule has 0 aliphatic heterocycles. The van der Waals surface area contributed by atoms with Gasteiger partial charge in [-0.15, -0.1) is 0 Å². The number of methoxy groups -OCH3 is 2. The topological polar surface area (TPSA) is 59.0 Å². The van der Waals surface area contributed by atoms with Gasteiger partial charge >= 0.3 is 5.97 Å². The highest BCUT2D eigenvalue weighted by Gasteiger charge is 2.29. The summed E-state index contributed by atoms with van der Waals surface area (Å²) in [6, 6.07) is 4.54. The maximum Gasteiger partial charge on any atom is 0.325 e. The maximum absolute atomic E-state index is 11.8. The Labute approximate surface area is 126 Å². The van der Waals surface area contributed by atoms with Gasteiger partial charge in [0.25, 0.3) is 0 Å². The number of carbonyl (C=O) groups is 1. The second kappa shape index (κ2) is 8.52. The molecule has 0 spiro atoms. The molecule has 1 N–H and O–H groups in total. The van der Waals surface area contributed by atoms with E-state index in [2.05, 4.69) is 0 Å². The van der Waals surface area contributed by atoms with Gasteiger partial charge in [0.15, 0.2) is 0 Å². The standard InChI is InChI=1S/C16H25NO4/c1-5-9-17(10-6-2)15(16(18)19)13-11-12(20-3)7-8-14(13)21-4/h7-8,11,15H,5-6,9-10H2,1-4H3,(H,18,19). The van der Waals surface area contributed by atoms with E-state index in [1.165, 1.54) is 0 Å². The zero-order valence-electron chi connectivity index (χ0n) is 13.3. The molecule has 1 atom stereocenters. The summed E-state index contributed by atoms with van der Waals surface area (Å²) in [6.45, 7) is 5.55. The Morgan fingerprint density at radius 2 is 1.81 bits per heavy atom. The van der Waals surface area contributed by atoms with E-state index in [1.807, 2.05) is 18.7 Å². The van der Waals surface area contributed by atoms with Gasteiger partial charge in [-0.1, -0.05) is 13.8 Å². The van der Waals surface area contributed by atoms with Gasteiger partial charge in [-0.25, -0.2) is 0 Å². The number of carboxylic acid groups (broad SMARTS) is 1. The van der Waals surface area contributed by atoms with Crippen molar-refractivity contribution in [2.45, 2.75) is 32.7 Å². The minimum absolute atomic E-state index is 0.570. The fourth-order valence-electron chi connectivity index (χ4n) is 2.48. The van der Waals surface area contributed by atoms with Crippen LogP contribution < -0.4 is 9.47 Å². The average Bonchev–Trinajstić information content (AvgIpc) is 2.47. The fraction of sp³-hybridized carbons (Fsp3) is 0.562. The molecular weight excluding hydrogens is 270 g/mol. The Bertz CT molecular complexity index is 456. The minimum atomic E-state index is -0.872. The first-order valence-corrected chi connectivity index (χ1v) is 7.27. The second-order valence-electron chi connectivity index (χ2n) is 4.88. The lowest BCUT2D eigenvalue weighted by molar-refractivity contribution is -0.143. The van der Waals surface area contributed by atoms with Gasteiger partial charge < -0.3 is 14.6 Å². The Kier molecular flexibility index (Phi) is 7.02. The zero-order valence-corrected chi connectivity index (χ0v) is 13.3. The Morgan fingerprint density at radius 1 is 1.19 bits per heavy atom. The van der Waals surface area contributed by atoms with E-state index in [4.69, 9.17) is 9.47 Å². The third kappa shape index (κ3) is 4.36. The van der Waals surface area contributed by atoms with E-state index in [1.54, 1.807) is 32.4 Å². The molecule has 1 unspecified atom stereocenters. The van der Waals surface area contributed by atoms with Crippen LogP contribution in [0.5, 0.6) is 11.5 Å². The summed E-state index contributed by atoms with van der Waals surface area (Å²) in [7, 11) is 3.12. The van der Waals surface area contributed by atoms with E-state index in [9.17, 15) is 9.90 Å². The van der Waals surface area contributed by atoms with Crippen LogP contribution in [-0.4, -0.2) is 43.3 Å². The average molecular weight is 295 g/mol. The summed E-state index contributed by atoms with van der Waals surface area (Å²) in [4.78, 5) is 13.8. The number of ether oxygens (including phenoxy) is 2. The number of benzene rings is 1.